The van der Waals surface area contributed by atoms with Gasteiger partial charge in [-0.3, -0.25) is 14.6 Å². The average Bonchev–Trinajstić information content (AvgIpc) is 3.23. The van der Waals surface area contributed by atoms with Crippen LogP contribution in [0.25, 0.3) is 0 Å². The van der Waals surface area contributed by atoms with Gasteiger partial charge in [0, 0.05) is 22.9 Å². The number of nitrogens with zero attached hydrogens (tertiary/aromatic N) is 3. The molecule has 9 heteroatoms. The number of hydrogen-bond acceptors (Lipinski definition) is 6. The van der Waals surface area contributed by atoms with Gasteiger partial charge in [-0.1, -0.05) is 65.8 Å². The highest BCUT2D eigenvalue weighted by atomic mass is 35.5. The molecule has 3 aromatic carbocycles. The van der Waals surface area contributed by atoms with Gasteiger partial charge in [0.1, 0.15) is 17.6 Å². The number of hydrogen-bond donors (Lipinski definition) is 1. The molecule has 2 heterocycles. The maximum absolute atomic E-state index is 13.4. The zero-order valence-corrected chi connectivity index (χ0v) is 21.1. The second-order valence-corrected chi connectivity index (χ2v) is 9.61. The van der Waals surface area contributed by atoms with E-state index in [9.17, 15) is 9.59 Å². The topological polar surface area (TPSA) is 83.4 Å². The SMILES string of the molecule is COc1ccc(CNC(=O)C[C@@H]2N=C3c4ccccc4N=C(SCc4ccccc4Cl)N3C2=O)cc1. The van der Waals surface area contributed by atoms with Gasteiger partial charge in [0.25, 0.3) is 5.91 Å². The van der Waals surface area contributed by atoms with Crippen molar-refractivity contribution in [1.29, 1.82) is 0 Å². The highest BCUT2D eigenvalue weighted by Gasteiger charge is 2.42. The van der Waals surface area contributed by atoms with Crippen LogP contribution in [0.5, 0.6) is 5.75 Å². The highest BCUT2D eigenvalue weighted by Crippen LogP contribution is 2.35. The van der Waals surface area contributed by atoms with E-state index in [1.807, 2.05) is 72.8 Å². The Hall–Kier alpha value is -3.62. The number of halogens is 1. The standard InChI is InChI=1S/C27H23ClN4O3S/c1-35-19-12-10-17(11-13-19)15-29-24(33)14-23-26(34)32-25(30-23)20-7-3-5-9-22(20)31-27(32)36-16-18-6-2-4-8-21(18)28/h2-13,23H,14-16H2,1H3,(H,29,33)/t23-/m0/s1. The lowest BCUT2D eigenvalue weighted by molar-refractivity contribution is -0.128. The van der Waals surface area contributed by atoms with Crippen LogP contribution in [-0.2, 0) is 21.9 Å². The first-order chi connectivity index (χ1) is 17.5. The molecule has 0 spiro atoms. The summed E-state index contributed by atoms with van der Waals surface area (Å²) in [6, 6.07) is 21.8. The van der Waals surface area contributed by atoms with Crippen molar-refractivity contribution in [3.8, 4) is 5.75 Å². The summed E-state index contributed by atoms with van der Waals surface area (Å²) >= 11 is 7.74. The van der Waals surface area contributed by atoms with Crippen LogP contribution in [0.4, 0.5) is 5.69 Å². The molecule has 5 rings (SSSR count). The van der Waals surface area contributed by atoms with Gasteiger partial charge < -0.3 is 10.1 Å². The van der Waals surface area contributed by atoms with Crippen molar-refractivity contribution in [2.75, 3.05) is 7.11 Å². The van der Waals surface area contributed by atoms with E-state index in [2.05, 4.69) is 10.3 Å². The lowest BCUT2D eigenvalue weighted by atomic mass is 10.1. The molecule has 0 radical (unpaired) electrons. The summed E-state index contributed by atoms with van der Waals surface area (Å²) in [7, 11) is 1.61. The molecule has 2 aliphatic heterocycles. The third kappa shape index (κ3) is 5.01. The molecule has 0 saturated carbocycles. The Bertz CT molecular complexity index is 1370. The van der Waals surface area contributed by atoms with E-state index in [-0.39, 0.29) is 18.2 Å². The van der Waals surface area contributed by atoms with Crippen molar-refractivity contribution < 1.29 is 14.3 Å². The van der Waals surface area contributed by atoms with Crippen molar-refractivity contribution in [3.63, 3.8) is 0 Å². The first-order valence-electron chi connectivity index (χ1n) is 11.4. The van der Waals surface area contributed by atoms with Crippen LogP contribution in [0.15, 0.2) is 82.8 Å². The van der Waals surface area contributed by atoms with Gasteiger partial charge in [0.2, 0.25) is 5.91 Å². The number of nitrogens with one attached hydrogen (secondary N) is 1. The maximum atomic E-state index is 13.4. The molecule has 0 saturated heterocycles. The molecule has 3 aromatic rings. The van der Waals surface area contributed by atoms with Gasteiger partial charge in [0.05, 0.1) is 19.2 Å². The van der Waals surface area contributed by atoms with Crippen molar-refractivity contribution >= 4 is 51.9 Å². The van der Waals surface area contributed by atoms with Crippen LogP contribution in [0, 0.1) is 0 Å². The second kappa shape index (κ2) is 10.6. The van der Waals surface area contributed by atoms with Crippen molar-refractivity contribution in [2.45, 2.75) is 24.8 Å². The Labute approximate surface area is 218 Å². The third-order valence-electron chi connectivity index (χ3n) is 5.89. The number of rotatable bonds is 7. The molecule has 7 nitrogen and oxygen atoms in total. The molecule has 182 valence electrons. The van der Waals surface area contributed by atoms with E-state index in [1.165, 1.54) is 16.7 Å². The summed E-state index contributed by atoms with van der Waals surface area (Å²) < 4.78 is 5.16. The zero-order valence-electron chi connectivity index (χ0n) is 19.5. The number of ether oxygens (including phenoxy) is 1. The van der Waals surface area contributed by atoms with E-state index in [4.69, 9.17) is 21.3 Å². The van der Waals surface area contributed by atoms with Crippen molar-refractivity contribution in [2.24, 2.45) is 9.98 Å². The fourth-order valence-corrected chi connectivity index (χ4v) is 5.27. The van der Waals surface area contributed by atoms with Crippen LogP contribution in [0.1, 0.15) is 23.1 Å². The summed E-state index contributed by atoms with van der Waals surface area (Å²) in [5.41, 5.74) is 3.40. The number of amides is 2. The Morgan fingerprint density at radius 2 is 1.83 bits per heavy atom. The van der Waals surface area contributed by atoms with Gasteiger partial charge >= 0.3 is 0 Å². The van der Waals surface area contributed by atoms with Crippen LogP contribution in [-0.4, -0.2) is 40.9 Å². The number of benzene rings is 3. The zero-order chi connectivity index (χ0) is 25.1. The Morgan fingerprint density at radius 3 is 2.61 bits per heavy atom. The van der Waals surface area contributed by atoms with Gasteiger partial charge in [0.15, 0.2) is 5.17 Å². The molecule has 36 heavy (non-hydrogen) atoms. The molecular weight excluding hydrogens is 496 g/mol. The van der Waals surface area contributed by atoms with Gasteiger partial charge in [-0.15, -0.1) is 0 Å². The van der Waals surface area contributed by atoms with E-state index < -0.39 is 6.04 Å². The number of amidine groups is 2. The first-order valence-corrected chi connectivity index (χ1v) is 12.8. The van der Waals surface area contributed by atoms with Crippen LogP contribution in [0.2, 0.25) is 5.02 Å². The minimum Gasteiger partial charge on any atom is -0.497 e. The van der Waals surface area contributed by atoms with Crippen molar-refractivity contribution in [3.05, 3.63) is 94.5 Å². The average molecular weight is 519 g/mol. The minimum absolute atomic E-state index is 0.0420. The number of aliphatic imine (C=N–C) groups is 2. The summed E-state index contributed by atoms with van der Waals surface area (Å²) in [4.78, 5) is 37.0. The molecule has 0 aliphatic carbocycles. The molecule has 0 fully saturated rings. The smallest absolute Gasteiger partial charge is 0.259 e. The summed E-state index contributed by atoms with van der Waals surface area (Å²) in [5.74, 6) is 1.32. The third-order valence-corrected chi connectivity index (χ3v) is 7.25. The number of carbonyl (C=O) groups is 2. The number of carbonyl (C=O) groups excluding carboxylic acids is 2. The number of para-hydroxylation sites is 1. The summed E-state index contributed by atoms with van der Waals surface area (Å²) in [5, 5.41) is 4.07. The highest BCUT2D eigenvalue weighted by molar-refractivity contribution is 8.13. The van der Waals surface area contributed by atoms with Gasteiger partial charge in [-0.25, -0.2) is 9.89 Å². The lowest BCUT2D eigenvalue weighted by Crippen LogP contribution is -2.42. The Kier molecular flexibility index (Phi) is 7.06. The number of thioether (sulfide) groups is 1. The normalized spacial score (nSPS) is 16.1. The molecular formula is C27H23ClN4O3S. The fraction of sp³-hybridized carbons (Fsp3) is 0.185. The molecule has 2 aliphatic rings. The summed E-state index contributed by atoms with van der Waals surface area (Å²) in [6.45, 7) is 0.354. The molecule has 1 atom stereocenters. The molecule has 1 N–H and O–H groups in total. The van der Waals surface area contributed by atoms with Gasteiger partial charge in [-0.2, -0.15) is 0 Å². The number of fused-ring (bicyclic) bond motifs is 3. The molecule has 2 amide bonds. The number of methoxy groups -OCH3 is 1. The van der Waals surface area contributed by atoms with E-state index in [0.29, 0.717) is 28.3 Å². The largest absolute Gasteiger partial charge is 0.497 e. The molecule has 0 unspecified atom stereocenters. The Morgan fingerprint density at radius 1 is 1.08 bits per heavy atom. The fourth-order valence-electron chi connectivity index (χ4n) is 3.98. The van der Waals surface area contributed by atoms with Crippen molar-refractivity contribution in [1.82, 2.24) is 10.2 Å². The van der Waals surface area contributed by atoms with Crippen LogP contribution in [0.3, 0.4) is 0 Å². The predicted molar refractivity (Wildman–Crippen MR) is 143 cm³/mol. The first kappa shape index (κ1) is 24.1. The predicted octanol–water partition coefficient (Wildman–Crippen LogP) is 4.95. The lowest BCUT2D eigenvalue weighted by Gasteiger charge is -2.25. The minimum atomic E-state index is -0.812. The second-order valence-electron chi connectivity index (χ2n) is 8.26. The van der Waals surface area contributed by atoms with Crippen LogP contribution >= 0.6 is 23.4 Å². The van der Waals surface area contributed by atoms with E-state index >= 15 is 0 Å². The quantitative estimate of drug-likeness (QED) is 0.480. The van der Waals surface area contributed by atoms with Crippen LogP contribution < -0.4 is 10.1 Å². The molecule has 0 bridgehead atoms. The van der Waals surface area contributed by atoms with E-state index in [1.54, 1.807) is 7.11 Å². The maximum Gasteiger partial charge on any atom is 0.259 e. The summed E-state index contributed by atoms with van der Waals surface area (Å²) in [6.07, 6.45) is -0.0420. The van der Waals surface area contributed by atoms with Gasteiger partial charge in [-0.05, 0) is 41.5 Å². The Balaban J connectivity index is 1.31. The van der Waals surface area contributed by atoms with E-state index in [0.717, 1.165) is 28.1 Å². The molecule has 0 aromatic heterocycles. The monoisotopic (exact) mass is 518 g/mol.